The molecule has 4 rings (SSSR count). The van der Waals surface area contributed by atoms with Crippen LogP contribution in [0.2, 0.25) is 5.02 Å². The SMILES string of the molecule is [O-][n+]1c(-c2ccccc2Cl)nc2ccccc2c1-c1ccccc1. The first-order chi connectivity index (χ1) is 11.8. The molecule has 4 aromatic rings. The number of rotatable bonds is 2. The van der Waals surface area contributed by atoms with Gasteiger partial charge >= 0.3 is 5.82 Å². The molecule has 0 unspecified atom stereocenters. The molecule has 0 N–H and O–H groups in total. The molecular weight excluding hydrogens is 320 g/mol. The van der Waals surface area contributed by atoms with Crippen molar-refractivity contribution in [1.82, 2.24) is 4.98 Å². The molecule has 0 fully saturated rings. The average molecular weight is 333 g/mol. The van der Waals surface area contributed by atoms with Crippen LogP contribution < -0.4 is 4.73 Å². The molecule has 0 aliphatic rings. The average Bonchev–Trinajstić information content (AvgIpc) is 2.63. The van der Waals surface area contributed by atoms with E-state index in [-0.39, 0.29) is 0 Å². The van der Waals surface area contributed by atoms with Gasteiger partial charge in [0, 0.05) is 5.56 Å². The third-order valence-corrected chi connectivity index (χ3v) is 4.27. The summed E-state index contributed by atoms with van der Waals surface area (Å²) < 4.78 is 0.874. The Morgan fingerprint density at radius 2 is 1.46 bits per heavy atom. The number of para-hydroxylation sites is 1. The van der Waals surface area contributed by atoms with Crippen molar-refractivity contribution in [3.63, 3.8) is 0 Å². The van der Waals surface area contributed by atoms with Crippen LogP contribution in [-0.2, 0) is 0 Å². The summed E-state index contributed by atoms with van der Waals surface area (Å²) in [6, 6.07) is 24.5. The third-order valence-electron chi connectivity index (χ3n) is 3.94. The van der Waals surface area contributed by atoms with Crippen molar-refractivity contribution in [2.24, 2.45) is 0 Å². The fourth-order valence-corrected chi connectivity index (χ4v) is 3.05. The van der Waals surface area contributed by atoms with Gasteiger partial charge in [-0.05, 0) is 29.2 Å². The lowest BCUT2D eigenvalue weighted by atomic mass is 10.1. The smallest absolute Gasteiger partial charge is 0.335 e. The Bertz CT molecular complexity index is 1030. The second-order valence-corrected chi connectivity index (χ2v) is 5.85. The summed E-state index contributed by atoms with van der Waals surface area (Å²) in [6.45, 7) is 0. The molecule has 0 aliphatic heterocycles. The van der Waals surface area contributed by atoms with Crippen LogP contribution in [0.5, 0.6) is 0 Å². The molecule has 24 heavy (non-hydrogen) atoms. The summed E-state index contributed by atoms with van der Waals surface area (Å²) in [7, 11) is 0. The van der Waals surface area contributed by atoms with Crippen LogP contribution in [0.15, 0.2) is 78.9 Å². The van der Waals surface area contributed by atoms with E-state index < -0.39 is 0 Å². The number of nitrogens with zero attached hydrogens (tertiary/aromatic N) is 2. The second-order valence-electron chi connectivity index (χ2n) is 5.44. The minimum absolute atomic E-state index is 0.304. The van der Waals surface area contributed by atoms with Gasteiger partial charge in [0.1, 0.15) is 5.69 Å². The van der Waals surface area contributed by atoms with Crippen molar-refractivity contribution in [1.29, 1.82) is 0 Å². The van der Waals surface area contributed by atoms with Gasteiger partial charge in [-0.3, -0.25) is 0 Å². The maximum Gasteiger partial charge on any atom is 0.335 e. The van der Waals surface area contributed by atoms with Gasteiger partial charge in [-0.2, -0.15) is 0 Å². The molecule has 1 aromatic heterocycles. The lowest BCUT2D eigenvalue weighted by Gasteiger charge is -2.15. The largest absolute Gasteiger partial charge is 0.710 e. The Hall–Kier alpha value is -2.91. The van der Waals surface area contributed by atoms with E-state index in [0.29, 0.717) is 22.1 Å². The molecule has 3 nitrogen and oxygen atoms in total. The highest BCUT2D eigenvalue weighted by atomic mass is 35.5. The van der Waals surface area contributed by atoms with Crippen molar-refractivity contribution < 1.29 is 4.73 Å². The lowest BCUT2D eigenvalue weighted by Crippen LogP contribution is -2.34. The highest BCUT2D eigenvalue weighted by molar-refractivity contribution is 6.33. The first-order valence-electron chi connectivity index (χ1n) is 7.58. The zero-order chi connectivity index (χ0) is 16.5. The molecule has 0 saturated heterocycles. The second kappa shape index (κ2) is 5.95. The van der Waals surface area contributed by atoms with E-state index >= 15 is 0 Å². The zero-order valence-electron chi connectivity index (χ0n) is 12.7. The number of benzene rings is 3. The zero-order valence-corrected chi connectivity index (χ0v) is 13.4. The van der Waals surface area contributed by atoms with Crippen molar-refractivity contribution >= 4 is 22.5 Å². The Morgan fingerprint density at radius 1 is 0.792 bits per heavy atom. The van der Waals surface area contributed by atoms with Crippen molar-refractivity contribution in [3.05, 3.63) is 89.1 Å². The van der Waals surface area contributed by atoms with Gasteiger partial charge in [-0.1, -0.05) is 66.2 Å². The van der Waals surface area contributed by atoms with E-state index in [1.165, 1.54) is 0 Å². The molecule has 116 valence electrons. The molecule has 0 radical (unpaired) electrons. The summed E-state index contributed by atoms with van der Waals surface area (Å²) in [5, 5.41) is 14.4. The van der Waals surface area contributed by atoms with Gasteiger partial charge in [-0.15, -0.1) is 0 Å². The summed E-state index contributed by atoms with van der Waals surface area (Å²) in [5.74, 6) is 0.304. The topological polar surface area (TPSA) is 39.8 Å². The van der Waals surface area contributed by atoms with Gasteiger partial charge in [-0.25, -0.2) is 4.73 Å². The molecule has 4 heteroatoms. The van der Waals surface area contributed by atoms with E-state index in [0.717, 1.165) is 21.2 Å². The Labute approximate surface area is 144 Å². The lowest BCUT2D eigenvalue weighted by molar-refractivity contribution is -0.583. The van der Waals surface area contributed by atoms with Gasteiger partial charge in [0.25, 0.3) is 0 Å². The molecule has 1 heterocycles. The maximum absolute atomic E-state index is 13.1. The molecule has 0 bridgehead atoms. The summed E-state index contributed by atoms with van der Waals surface area (Å²) in [6.07, 6.45) is 0. The Balaban J connectivity index is 2.11. The Kier molecular flexibility index (Phi) is 3.63. The van der Waals surface area contributed by atoms with E-state index in [4.69, 9.17) is 11.6 Å². The number of fused-ring (bicyclic) bond motifs is 1. The normalized spacial score (nSPS) is 10.9. The molecular formula is C20H13ClN2O. The number of hydrogen-bond donors (Lipinski definition) is 0. The number of aromatic nitrogens is 2. The minimum Gasteiger partial charge on any atom is -0.710 e. The summed E-state index contributed by atoms with van der Waals surface area (Å²) in [5.41, 5.74) is 2.81. The highest BCUT2D eigenvalue weighted by Crippen LogP contribution is 2.29. The van der Waals surface area contributed by atoms with Gasteiger partial charge in [0.2, 0.25) is 0 Å². The molecule has 0 spiro atoms. The maximum atomic E-state index is 13.1. The van der Waals surface area contributed by atoms with Crippen LogP contribution in [0.4, 0.5) is 0 Å². The number of hydrogen-bond acceptors (Lipinski definition) is 2. The first-order valence-corrected chi connectivity index (χ1v) is 7.96. The molecule has 3 aromatic carbocycles. The third kappa shape index (κ3) is 2.39. The fraction of sp³-hybridized carbons (Fsp3) is 0. The van der Waals surface area contributed by atoms with E-state index in [2.05, 4.69) is 4.98 Å². The van der Waals surface area contributed by atoms with Gasteiger partial charge in [0.15, 0.2) is 5.52 Å². The molecule has 0 atom stereocenters. The molecule has 0 amide bonds. The van der Waals surface area contributed by atoms with E-state index in [1.807, 2.05) is 72.8 Å². The highest BCUT2D eigenvalue weighted by Gasteiger charge is 2.22. The van der Waals surface area contributed by atoms with Crippen LogP contribution in [0.25, 0.3) is 33.5 Å². The quantitative estimate of drug-likeness (QED) is 0.388. The van der Waals surface area contributed by atoms with Crippen LogP contribution in [0, 0.1) is 5.21 Å². The predicted octanol–water partition coefficient (Wildman–Crippen LogP) is 4.86. The molecule has 0 saturated carbocycles. The van der Waals surface area contributed by atoms with Crippen LogP contribution >= 0.6 is 11.6 Å². The Morgan fingerprint density at radius 3 is 2.25 bits per heavy atom. The van der Waals surface area contributed by atoms with Crippen LogP contribution in [-0.4, -0.2) is 4.98 Å². The van der Waals surface area contributed by atoms with Crippen LogP contribution in [0.1, 0.15) is 0 Å². The van der Waals surface area contributed by atoms with Crippen molar-refractivity contribution in [2.75, 3.05) is 0 Å². The monoisotopic (exact) mass is 332 g/mol. The van der Waals surface area contributed by atoms with Crippen molar-refractivity contribution in [3.8, 4) is 22.6 Å². The fourth-order valence-electron chi connectivity index (χ4n) is 2.83. The standard InChI is InChI=1S/C20H13ClN2O/c21-17-12-6-4-10-15(17)20-22-18-13-7-5-11-16(18)19(23(20)24)14-8-2-1-3-9-14/h1-13H. The van der Waals surface area contributed by atoms with E-state index in [1.54, 1.807) is 6.07 Å². The minimum atomic E-state index is 0.304. The first kappa shape index (κ1) is 14.7. The number of halogens is 1. The van der Waals surface area contributed by atoms with Crippen LogP contribution in [0.3, 0.4) is 0 Å². The summed E-state index contributed by atoms with van der Waals surface area (Å²) >= 11 is 6.29. The molecule has 0 aliphatic carbocycles. The summed E-state index contributed by atoms with van der Waals surface area (Å²) in [4.78, 5) is 4.56. The van der Waals surface area contributed by atoms with E-state index in [9.17, 15) is 5.21 Å². The van der Waals surface area contributed by atoms with Gasteiger partial charge in [0.05, 0.1) is 16.0 Å². The van der Waals surface area contributed by atoms with Crippen molar-refractivity contribution in [2.45, 2.75) is 0 Å². The predicted molar refractivity (Wildman–Crippen MR) is 96.6 cm³/mol. The van der Waals surface area contributed by atoms with Gasteiger partial charge < -0.3 is 5.21 Å².